The van der Waals surface area contributed by atoms with Crippen molar-refractivity contribution in [2.75, 3.05) is 0 Å². The van der Waals surface area contributed by atoms with E-state index in [0.717, 1.165) is 24.0 Å². The number of aromatic hydroxyl groups is 1. The summed E-state index contributed by atoms with van der Waals surface area (Å²) in [5.74, 6) is 0.159. The average Bonchev–Trinajstić information content (AvgIpc) is 2.30. The Morgan fingerprint density at radius 1 is 1.18 bits per heavy atom. The molecule has 0 saturated heterocycles. The second-order valence-corrected chi connectivity index (χ2v) is 3.89. The van der Waals surface area contributed by atoms with Crippen LogP contribution in [0.4, 0.5) is 8.78 Å². The molecular formula is C14H18F2O. The zero-order valence-corrected chi connectivity index (χ0v) is 10.5. The van der Waals surface area contributed by atoms with Crippen molar-refractivity contribution >= 4 is 5.57 Å². The monoisotopic (exact) mass is 240 g/mol. The van der Waals surface area contributed by atoms with E-state index in [-0.39, 0.29) is 11.3 Å². The van der Waals surface area contributed by atoms with Crippen molar-refractivity contribution in [3.8, 4) is 5.75 Å². The van der Waals surface area contributed by atoms with Crippen molar-refractivity contribution in [3.63, 3.8) is 0 Å². The van der Waals surface area contributed by atoms with Gasteiger partial charge in [0.1, 0.15) is 5.75 Å². The first-order chi connectivity index (χ1) is 8.09. The number of rotatable bonds is 0. The Morgan fingerprint density at radius 2 is 1.82 bits per heavy atom. The summed E-state index contributed by atoms with van der Waals surface area (Å²) in [5.41, 5.74) is 2.35. The Bertz CT molecular complexity index is 432. The van der Waals surface area contributed by atoms with Gasteiger partial charge in [-0.1, -0.05) is 13.8 Å². The maximum absolute atomic E-state index is 12.7. The van der Waals surface area contributed by atoms with Gasteiger partial charge in [-0.25, -0.2) is 0 Å². The van der Waals surface area contributed by atoms with Crippen molar-refractivity contribution in [2.45, 2.75) is 40.0 Å². The van der Waals surface area contributed by atoms with Gasteiger partial charge in [0.05, 0.1) is 0 Å². The molecule has 3 heteroatoms. The molecule has 1 N–H and O–H groups in total. The normalized spacial score (nSPS) is 13.6. The number of hydrogen-bond donors (Lipinski definition) is 1. The quantitative estimate of drug-likeness (QED) is 0.698. The summed E-state index contributed by atoms with van der Waals surface area (Å²) in [6, 6.07) is 3.12. The summed E-state index contributed by atoms with van der Waals surface area (Å²) in [7, 11) is 0. The second kappa shape index (κ2) is 5.80. The molecule has 17 heavy (non-hydrogen) atoms. The largest absolute Gasteiger partial charge is 0.508 e. The lowest BCUT2D eigenvalue weighted by atomic mass is 9.85. The van der Waals surface area contributed by atoms with Crippen molar-refractivity contribution < 1.29 is 13.9 Å². The van der Waals surface area contributed by atoms with Crippen LogP contribution in [0.25, 0.3) is 5.57 Å². The molecule has 0 amide bonds. The van der Waals surface area contributed by atoms with Crippen LogP contribution < -0.4 is 0 Å². The number of fused-ring (bicyclic) bond motifs is 1. The Kier molecular flexibility index (Phi) is 4.67. The zero-order valence-electron chi connectivity index (χ0n) is 10.5. The highest BCUT2D eigenvalue weighted by atomic mass is 19.3. The fourth-order valence-corrected chi connectivity index (χ4v) is 2.24. The predicted octanol–water partition coefficient (Wildman–Crippen LogP) is 4.67. The molecule has 0 atom stereocenters. The van der Waals surface area contributed by atoms with Crippen LogP contribution in [0.5, 0.6) is 5.75 Å². The molecule has 2 rings (SSSR count). The molecule has 0 radical (unpaired) electrons. The van der Waals surface area contributed by atoms with Crippen LogP contribution in [0, 0.1) is 6.92 Å². The van der Waals surface area contributed by atoms with Crippen molar-refractivity contribution in [2.24, 2.45) is 0 Å². The Morgan fingerprint density at radius 3 is 2.41 bits per heavy atom. The van der Waals surface area contributed by atoms with E-state index >= 15 is 0 Å². The van der Waals surface area contributed by atoms with Gasteiger partial charge in [-0.15, -0.1) is 0 Å². The van der Waals surface area contributed by atoms with E-state index in [1.807, 2.05) is 13.8 Å². The summed E-state index contributed by atoms with van der Waals surface area (Å²) < 4.78 is 25.4. The average molecular weight is 240 g/mol. The van der Waals surface area contributed by atoms with Gasteiger partial charge < -0.3 is 5.11 Å². The summed E-state index contributed by atoms with van der Waals surface area (Å²) in [5, 5.41) is 9.39. The maximum atomic E-state index is 12.7. The summed E-state index contributed by atoms with van der Waals surface area (Å²) >= 11 is 0. The first-order valence-electron chi connectivity index (χ1n) is 5.96. The van der Waals surface area contributed by atoms with E-state index in [1.54, 1.807) is 13.0 Å². The highest BCUT2D eigenvalue weighted by Crippen LogP contribution is 2.37. The standard InChI is InChI=1S/C12H12F2O.C2H6/c1-7-5-9(15)6-8-3-2-4-10(11(7)8)12(13)14;1-2/h5-6,15H,2-4H2,1H3;1-2H3. The fourth-order valence-electron chi connectivity index (χ4n) is 2.24. The third-order valence-electron chi connectivity index (χ3n) is 2.80. The molecular weight excluding hydrogens is 222 g/mol. The molecule has 1 aliphatic rings. The number of phenols is 1. The highest BCUT2D eigenvalue weighted by Gasteiger charge is 2.20. The lowest BCUT2D eigenvalue weighted by Crippen LogP contribution is -2.04. The maximum Gasteiger partial charge on any atom is 0.274 e. The van der Waals surface area contributed by atoms with Gasteiger partial charge in [0, 0.05) is 5.57 Å². The van der Waals surface area contributed by atoms with E-state index in [2.05, 4.69) is 0 Å². The van der Waals surface area contributed by atoms with Gasteiger partial charge in [0.15, 0.2) is 0 Å². The molecule has 1 aromatic carbocycles. The van der Waals surface area contributed by atoms with Crippen LogP contribution in [0.1, 0.15) is 43.4 Å². The van der Waals surface area contributed by atoms with Crippen LogP contribution in [0.2, 0.25) is 0 Å². The lowest BCUT2D eigenvalue weighted by molar-refractivity contribution is 0.421. The van der Waals surface area contributed by atoms with Gasteiger partial charge in [-0.2, -0.15) is 8.78 Å². The number of benzene rings is 1. The molecule has 0 aliphatic heterocycles. The third kappa shape index (κ3) is 2.84. The molecule has 0 bridgehead atoms. The van der Waals surface area contributed by atoms with Crippen LogP contribution in [0.3, 0.4) is 0 Å². The summed E-state index contributed by atoms with van der Waals surface area (Å²) in [4.78, 5) is 0. The minimum absolute atomic E-state index is 0.147. The minimum atomic E-state index is -1.59. The molecule has 0 fully saturated rings. The second-order valence-electron chi connectivity index (χ2n) is 3.89. The molecule has 1 aromatic rings. The molecule has 0 saturated carbocycles. The smallest absolute Gasteiger partial charge is 0.274 e. The molecule has 94 valence electrons. The number of allylic oxidation sites excluding steroid dienone is 1. The van der Waals surface area contributed by atoms with Crippen LogP contribution in [0.15, 0.2) is 18.2 Å². The Balaban J connectivity index is 0.000000686. The SMILES string of the molecule is CC.Cc1cc(O)cc2c1C(=C(F)F)CCC2. The number of phenolic OH excluding ortho intramolecular Hbond substituents is 1. The number of halogens is 2. The topological polar surface area (TPSA) is 20.2 Å². The number of hydrogen-bond acceptors (Lipinski definition) is 1. The molecule has 0 spiro atoms. The summed E-state index contributed by atoms with van der Waals surface area (Å²) in [6.45, 7) is 5.76. The van der Waals surface area contributed by atoms with Gasteiger partial charge in [0.2, 0.25) is 0 Å². The van der Waals surface area contributed by atoms with Crippen molar-refractivity contribution in [1.29, 1.82) is 0 Å². The van der Waals surface area contributed by atoms with Crippen LogP contribution in [-0.4, -0.2) is 5.11 Å². The fraction of sp³-hybridized carbons (Fsp3) is 0.429. The predicted molar refractivity (Wildman–Crippen MR) is 66.3 cm³/mol. The first-order valence-corrected chi connectivity index (χ1v) is 5.96. The highest BCUT2D eigenvalue weighted by molar-refractivity contribution is 5.73. The molecule has 1 aliphatic carbocycles. The van der Waals surface area contributed by atoms with Crippen molar-refractivity contribution in [3.05, 3.63) is 34.9 Å². The van der Waals surface area contributed by atoms with Gasteiger partial charge in [-0.05, 0) is 55.0 Å². The van der Waals surface area contributed by atoms with E-state index in [1.165, 1.54) is 6.07 Å². The minimum Gasteiger partial charge on any atom is -0.508 e. The van der Waals surface area contributed by atoms with Crippen LogP contribution >= 0.6 is 0 Å². The van der Waals surface area contributed by atoms with Gasteiger partial charge in [0.25, 0.3) is 6.08 Å². The van der Waals surface area contributed by atoms with E-state index in [0.29, 0.717) is 12.0 Å². The van der Waals surface area contributed by atoms with E-state index < -0.39 is 6.08 Å². The lowest BCUT2D eigenvalue weighted by Gasteiger charge is -2.20. The number of aryl methyl sites for hydroxylation is 2. The zero-order chi connectivity index (χ0) is 13.0. The Hall–Kier alpha value is -1.38. The first kappa shape index (κ1) is 13.7. The van der Waals surface area contributed by atoms with Crippen LogP contribution in [-0.2, 0) is 6.42 Å². The Labute approximate surface area is 101 Å². The molecule has 0 heterocycles. The van der Waals surface area contributed by atoms with Crippen molar-refractivity contribution in [1.82, 2.24) is 0 Å². The molecule has 0 aromatic heterocycles. The summed E-state index contributed by atoms with van der Waals surface area (Å²) in [6.07, 6.45) is 0.329. The van der Waals surface area contributed by atoms with E-state index in [9.17, 15) is 13.9 Å². The molecule has 0 unspecified atom stereocenters. The van der Waals surface area contributed by atoms with E-state index in [4.69, 9.17) is 0 Å². The molecule has 1 nitrogen and oxygen atoms in total. The van der Waals surface area contributed by atoms with Gasteiger partial charge >= 0.3 is 0 Å². The third-order valence-corrected chi connectivity index (χ3v) is 2.80. The van der Waals surface area contributed by atoms with Gasteiger partial charge in [-0.3, -0.25) is 0 Å².